The summed E-state index contributed by atoms with van der Waals surface area (Å²) in [5, 5.41) is 3.06. The van der Waals surface area contributed by atoms with Gasteiger partial charge in [0.2, 0.25) is 15.9 Å². The molecule has 1 saturated heterocycles. The number of halogens is 1. The summed E-state index contributed by atoms with van der Waals surface area (Å²) >= 11 is 0. The highest BCUT2D eigenvalue weighted by molar-refractivity contribution is 7.89. The van der Waals surface area contributed by atoms with Crippen molar-refractivity contribution in [2.45, 2.75) is 57.3 Å². The van der Waals surface area contributed by atoms with Gasteiger partial charge in [0.1, 0.15) is 5.82 Å². The maximum absolute atomic E-state index is 13.0. The van der Waals surface area contributed by atoms with Gasteiger partial charge in [-0.25, -0.2) is 12.8 Å². The van der Waals surface area contributed by atoms with E-state index in [-0.39, 0.29) is 16.7 Å². The molecule has 0 aliphatic carbocycles. The van der Waals surface area contributed by atoms with Crippen LogP contribution in [0.1, 0.15) is 52.4 Å². The third-order valence-corrected chi connectivity index (χ3v) is 7.30. The number of unbranched alkanes of at least 4 members (excludes halogenated alkanes) is 1. The second-order valence-corrected chi connectivity index (χ2v) is 9.23. The van der Waals surface area contributed by atoms with Crippen LogP contribution in [0.2, 0.25) is 0 Å². The van der Waals surface area contributed by atoms with Gasteiger partial charge in [0.15, 0.2) is 0 Å². The Kier molecular flexibility index (Phi) is 8.23. The van der Waals surface area contributed by atoms with Gasteiger partial charge in [-0.05, 0) is 49.4 Å². The Balaban J connectivity index is 1.85. The lowest BCUT2D eigenvalue weighted by Crippen LogP contribution is -2.43. The maximum atomic E-state index is 13.0. The zero-order valence-electron chi connectivity index (χ0n) is 16.3. The predicted octanol–water partition coefficient (Wildman–Crippen LogP) is 3.56. The maximum Gasteiger partial charge on any atom is 0.243 e. The van der Waals surface area contributed by atoms with Crippen LogP contribution >= 0.6 is 0 Å². The molecule has 5 nitrogen and oxygen atoms in total. The van der Waals surface area contributed by atoms with Crippen LogP contribution in [0.25, 0.3) is 0 Å². The second-order valence-electron chi connectivity index (χ2n) is 7.29. The number of benzene rings is 1. The van der Waals surface area contributed by atoms with Crippen molar-refractivity contribution < 1.29 is 17.6 Å². The molecule has 1 aromatic carbocycles. The van der Waals surface area contributed by atoms with Gasteiger partial charge >= 0.3 is 0 Å². The third-order valence-electron chi connectivity index (χ3n) is 5.38. The molecule has 1 aromatic rings. The third kappa shape index (κ3) is 6.01. The van der Waals surface area contributed by atoms with Crippen molar-refractivity contribution in [2.24, 2.45) is 11.8 Å². The van der Waals surface area contributed by atoms with Crippen molar-refractivity contribution in [2.75, 3.05) is 19.6 Å². The average Bonchev–Trinajstić information content (AvgIpc) is 2.68. The molecule has 1 N–H and O–H groups in total. The smallest absolute Gasteiger partial charge is 0.243 e. The average molecular weight is 399 g/mol. The van der Waals surface area contributed by atoms with Gasteiger partial charge in [0, 0.05) is 25.6 Å². The number of carbonyl (C=O) groups excluding carboxylic acids is 1. The lowest BCUT2D eigenvalue weighted by atomic mass is 9.95. The molecule has 0 bridgehead atoms. The molecule has 1 amide bonds. The summed E-state index contributed by atoms with van der Waals surface area (Å²) in [5.41, 5.74) is 0. The van der Waals surface area contributed by atoms with Gasteiger partial charge in [-0.1, -0.05) is 33.1 Å². The monoisotopic (exact) mass is 398 g/mol. The van der Waals surface area contributed by atoms with Crippen LogP contribution in [-0.4, -0.2) is 38.3 Å². The minimum absolute atomic E-state index is 0.0313. The van der Waals surface area contributed by atoms with E-state index < -0.39 is 15.8 Å². The molecule has 0 saturated carbocycles. The van der Waals surface area contributed by atoms with Crippen molar-refractivity contribution in [1.82, 2.24) is 9.62 Å². The molecule has 1 heterocycles. The second kappa shape index (κ2) is 10.2. The van der Waals surface area contributed by atoms with E-state index in [4.69, 9.17) is 0 Å². The Bertz CT molecular complexity index is 698. The van der Waals surface area contributed by atoms with E-state index in [2.05, 4.69) is 19.2 Å². The zero-order chi connectivity index (χ0) is 19.9. The molecule has 152 valence electrons. The van der Waals surface area contributed by atoms with Crippen molar-refractivity contribution >= 4 is 15.9 Å². The molecular formula is C20H31FN2O3S. The molecule has 1 atom stereocenters. The normalized spacial score (nSPS) is 17.6. The van der Waals surface area contributed by atoms with E-state index in [1.165, 1.54) is 22.9 Å². The van der Waals surface area contributed by atoms with Crippen molar-refractivity contribution in [3.8, 4) is 0 Å². The van der Waals surface area contributed by atoms with Crippen LogP contribution in [-0.2, 0) is 14.8 Å². The molecule has 0 unspecified atom stereocenters. The Morgan fingerprint density at radius 1 is 1.22 bits per heavy atom. The van der Waals surface area contributed by atoms with Gasteiger partial charge in [-0.2, -0.15) is 4.31 Å². The zero-order valence-corrected chi connectivity index (χ0v) is 17.1. The van der Waals surface area contributed by atoms with Gasteiger partial charge in [0.05, 0.1) is 4.90 Å². The summed E-state index contributed by atoms with van der Waals surface area (Å²) in [6.07, 6.45) is 5.53. The molecule has 2 rings (SSSR count). The number of nitrogens with zero attached hydrogens (tertiary/aromatic N) is 1. The van der Waals surface area contributed by atoms with Crippen LogP contribution in [0, 0.1) is 17.7 Å². The van der Waals surface area contributed by atoms with Crippen LogP contribution in [0.4, 0.5) is 4.39 Å². The molecule has 7 heteroatoms. The number of amides is 1. The van der Waals surface area contributed by atoms with Crippen molar-refractivity contribution in [3.63, 3.8) is 0 Å². The number of nitrogens with one attached hydrogen (secondary N) is 1. The summed E-state index contributed by atoms with van der Waals surface area (Å²) in [6.45, 7) is 5.63. The van der Waals surface area contributed by atoms with Gasteiger partial charge < -0.3 is 5.32 Å². The number of piperidine rings is 1. The van der Waals surface area contributed by atoms with E-state index in [0.717, 1.165) is 31.4 Å². The Hall–Kier alpha value is -1.47. The highest BCUT2D eigenvalue weighted by atomic mass is 32.2. The molecule has 1 aliphatic rings. The van der Waals surface area contributed by atoms with E-state index in [1.54, 1.807) is 0 Å². The summed E-state index contributed by atoms with van der Waals surface area (Å²) in [6, 6.07) is 4.86. The quantitative estimate of drug-likeness (QED) is 0.692. The van der Waals surface area contributed by atoms with Crippen LogP contribution in [0.3, 0.4) is 0 Å². The lowest BCUT2D eigenvalue weighted by Gasteiger charge is -2.31. The number of carbonyl (C=O) groups is 1. The van der Waals surface area contributed by atoms with Crippen molar-refractivity contribution in [3.05, 3.63) is 30.1 Å². The highest BCUT2D eigenvalue weighted by Gasteiger charge is 2.32. The molecular weight excluding hydrogens is 367 g/mol. The van der Waals surface area contributed by atoms with E-state index >= 15 is 0 Å². The van der Waals surface area contributed by atoms with Crippen LogP contribution < -0.4 is 5.32 Å². The molecule has 0 spiro atoms. The Labute approximate surface area is 162 Å². The summed E-state index contributed by atoms with van der Waals surface area (Å²) in [5.74, 6) is -0.0707. The largest absolute Gasteiger partial charge is 0.356 e. The Morgan fingerprint density at radius 3 is 2.41 bits per heavy atom. The van der Waals surface area contributed by atoms with E-state index in [9.17, 15) is 17.6 Å². The number of sulfonamides is 1. The van der Waals surface area contributed by atoms with Crippen LogP contribution in [0.15, 0.2) is 29.2 Å². The van der Waals surface area contributed by atoms with Crippen molar-refractivity contribution in [1.29, 1.82) is 0 Å². The number of hydrogen-bond acceptors (Lipinski definition) is 3. The Morgan fingerprint density at radius 2 is 1.85 bits per heavy atom. The molecule has 0 radical (unpaired) electrons. The first-order valence-electron chi connectivity index (χ1n) is 9.91. The predicted molar refractivity (Wildman–Crippen MR) is 104 cm³/mol. The standard InChI is InChI=1S/C20H31FN2O3S/c1-3-5-6-16(4-2)15-22-20(24)17-11-13-23(14-12-17)27(25,26)19-9-7-18(21)8-10-19/h7-10,16-17H,3-6,11-15H2,1-2H3,(H,22,24)/t16-/m0/s1. The summed E-state index contributed by atoms with van der Waals surface area (Å²) in [7, 11) is -3.63. The van der Waals surface area contributed by atoms with Gasteiger partial charge in [-0.3, -0.25) is 4.79 Å². The fraction of sp³-hybridized carbons (Fsp3) is 0.650. The molecule has 0 aromatic heterocycles. The van der Waals surface area contributed by atoms with E-state index in [1.807, 2.05) is 0 Å². The topological polar surface area (TPSA) is 66.5 Å². The van der Waals surface area contributed by atoms with Gasteiger partial charge in [-0.15, -0.1) is 0 Å². The first kappa shape index (κ1) is 21.8. The number of rotatable bonds is 9. The highest BCUT2D eigenvalue weighted by Crippen LogP contribution is 2.24. The number of hydrogen-bond donors (Lipinski definition) is 1. The van der Waals surface area contributed by atoms with E-state index in [0.29, 0.717) is 38.4 Å². The SMILES string of the molecule is CCCC[C@H](CC)CNC(=O)C1CCN(S(=O)(=O)c2ccc(F)cc2)CC1. The molecule has 1 fully saturated rings. The lowest BCUT2D eigenvalue weighted by molar-refractivity contribution is -0.126. The minimum Gasteiger partial charge on any atom is -0.356 e. The van der Waals surface area contributed by atoms with Gasteiger partial charge in [0.25, 0.3) is 0 Å². The fourth-order valence-electron chi connectivity index (χ4n) is 3.45. The summed E-state index contributed by atoms with van der Waals surface area (Å²) in [4.78, 5) is 12.5. The molecule has 1 aliphatic heterocycles. The summed E-state index contributed by atoms with van der Waals surface area (Å²) < 4.78 is 39.7. The first-order chi connectivity index (χ1) is 12.9. The first-order valence-corrected chi connectivity index (χ1v) is 11.4. The fourth-order valence-corrected chi connectivity index (χ4v) is 4.92. The molecule has 27 heavy (non-hydrogen) atoms. The van der Waals surface area contributed by atoms with Crippen LogP contribution in [0.5, 0.6) is 0 Å². The minimum atomic E-state index is -3.63.